The van der Waals surface area contributed by atoms with Gasteiger partial charge in [-0.05, 0) is 79.7 Å². The number of fused-ring (bicyclic) bond motifs is 2. The highest BCUT2D eigenvalue weighted by atomic mass is 16.6. The Morgan fingerprint density at radius 2 is 1.14 bits per heavy atom. The summed E-state index contributed by atoms with van der Waals surface area (Å²) in [4.78, 5) is 24.2. The van der Waals surface area contributed by atoms with Crippen LogP contribution in [-0.2, 0) is 22.3 Å². The van der Waals surface area contributed by atoms with Crippen molar-refractivity contribution in [2.75, 3.05) is 26.3 Å². The summed E-state index contributed by atoms with van der Waals surface area (Å²) in [5.74, 6) is 2.15. The number of hydrogen-bond donors (Lipinski definition) is 2. The lowest BCUT2D eigenvalue weighted by molar-refractivity contribution is 0.135. The maximum Gasteiger partial charge on any atom is 0.407 e. The van der Waals surface area contributed by atoms with Crippen LogP contribution in [0.1, 0.15) is 43.2 Å². The van der Waals surface area contributed by atoms with Crippen LogP contribution in [0.5, 0.6) is 0 Å². The normalized spacial score (nSPS) is 22.5. The fourth-order valence-electron chi connectivity index (χ4n) is 5.82. The summed E-state index contributed by atoms with van der Waals surface area (Å²) >= 11 is 0. The lowest BCUT2D eigenvalue weighted by atomic mass is 9.80. The fraction of sp³-hybridized carbons (Fsp3) is 0.517. The van der Waals surface area contributed by atoms with Crippen LogP contribution in [0.4, 0.5) is 9.59 Å². The predicted molar refractivity (Wildman–Crippen MR) is 136 cm³/mol. The summed E-state index contributed by atoms with van der Waals surface area (Å²) in [5, 5.41) is 5.94. The Bertz CT molecular complexity index is 847. The molecule has 2 aromatic carbocycles. The topological polar surface area (TPSA) is 76.7 Å². The SMILES string of the molecule is O=C(NCC1CC2CC(CNC(=O)OCCCc3ccccc3)C1C2)OCCCc1ccccc1. The Morgan fingerprint density at radius 3 is 1.57 bits per heavy atom. The third-order valence-electron chi connectivity index (χ3n) is 7.48. The number of alkyl carbamates (subject to hydrolysis) is 2. The summed E-state index contributed by atoms with van der Waals surface area (Å²) in [7, 11) is 0. The zero-order valence-corrected chi connectivity index (χ0v) is 20.5. The van der Waals surface area contributed by atoms with Crippen molar-refractivity contribution in [2.45, 2.75) is 44.9 Å². The van der Waals surface area contributed by atoms with E-state index in [1.165, 1.54) is 17.5 Å². The molecule has 188 valence electrons. The number of benzene rings is 2. The van der Waals surface area contributed by atoms with Gasteiger partial charge in [-0.3, -0.25) is 0 Å². The fourth-order valence-corrected chi connectivity index (χ4v) is 5.82. The van der Waals surface area contributed by atoms with E-state index in [1.807, 2.05) is 36.4 Å². The van der Waals surface area contributed by atoms with Crippen molar-refractivity contribution in [2.24, 2.45) is 23.7 Å². The lowest BCUT2D eigenvalue weighted by Gasteiger charge is -2.29. The van der Waals surface area contributed by atoms with Crippen LogP contribution in [-0.4, -0.2) is 38.5 Å². The Morgan fingerprint density at radius 1 is 0.686 bits per heavy atom. The van der Waals surface area contributed by atoms with Crippen LogP contribution < -0.4 is 10.6 Å². The standard InChI is InChI=1S/C29H38N2O4/c32-28(34-15-7-13-22-9-3-1-4-10-22)30-20-25-17-24-18-26(27(25)19-24)21-31-29(33)35-16-8-14-23-11-5-2-6-12-23/h1-6,9-12,24-27H,7-8,13-21H2,(H,30,32)(H,31,33). The molecule has 2 aliphatic rings. The average molecular weight is 479 g/mol. The highest BCUT2D eigenvalue weighted by molar-refractivity contribution is 5.67. The number of amides is 2. The molecule has 2 amide bonds. The van der Waals surface area contributed by atoms with E-state index in [1.54, 1.807) is 0 Å². The first-order valence-electron chi connectivity index (χ1n) is 13.1. The third kappa shape index (κ3) is 8.01. The zero-order valence-electron chi connectivity index (χ0n) is 20.5. The first-order chi connectivity index (χ1) is 17.2. The second kappa shape index (κ2) is 13.2. The third-order valence-corrected chi connectivity index (χ3v) is 7.48. The molecule has 6 nitrogen and oxygen atoms in total. The highest BCUT2D eigenvalue weighted by Gasteiger charge is 2.45. The van der Waals surface area contributed by atoms with Gasteiger partial charge in [0.15, 0.2) is 0 Å². The number of aryl methyl sites for hydroxylation is 2. The Hall–Kier alpha value is -3.02. The van der Waals surface area contributed by atoms with Crippen LogP contribution in [0.25, 0.3) is 0 Å². The minimum atomic E-state index is -0.324. The van der Waals surface area contributed by atoms with E-state index < -0.39 is 0 Å². The van der Waals surface area contributed by atoms with E-state index in [4.69, 9.17) is 9.47 Å². The van der Waals surface area contributed by atoms with Crippen molar-refractivity contribution >= 4 is 12.2 Å². The summed E-state index contributed by atoms with van der Waals surface area (Å²) in [6, 6.07) is 20.5. The average Bonchev–Trinajstić information content (AvgIpc) is 3.48. The molecule has 2 saturated carbocycles. The van der Waals surface area contributed by atoms with Gasteiger partial charge in [-0.1, -0.05) is 60.7 Å². The van der Waals surface area contributed by atoms with Gasteiger partial charge in [0.2, 0.25) is 0 Å². The molecule has 2 unspecified atom stereocenters. The molecule has 2 bridgehead atoms. The molecule has 0 aromatic heterocycles. The molecular formula is C29H38N2O4. The summed E-state index contributed by atoms with van der Waals surface area (Å²) in [6.45, 7) is 2.16. The van der Waals surface area contributed by atoms with Crippen LogP contribution in [0.3, 0.4) is 0 Å². The minimum Gasteiger partial charge on any atom is -0.450 e. The largest absolute Gasteiger partial charge is 0.450 e. The molecule has 0 aliphatic heterocycles. The van der Waals surface area contributed by atoms with Gasteiger partial charge in [0.1, 0.15) is 0 Å². The summed E-state index contributed by atoms with van der Waals surface area (Å²) in [5.41, 5.74) is 2.52. The molecule has 0 radical (unpaired) electrons. The van der Waals surface area contributed by atoms with Gasteiger partial charge in [-0.25, -0.2) is 9.59 Å². The number of nitrogens with one attached hydrogen (secondary N) is 2. The van der Waals surface area contributed by atoms with Crippen LogP contribution >= 0.6 is 0 Å². The second-order valence-electron chi connectivity index (χ2n) is 9.97. The molecule has 0 spiro atoms. The number of carbonyl (C=O) groups is 2. The minimum absolute atomic E-state index is 0.324. The molecule has 35 heavy (non-hydrogen) atoms. The highest BCUT2D eigenvalue weighted by Crippen LogP contribution is 2.51. The first-order valence-corrected chi connectivity index (χ1v) is 13.1. The molecule has 0 saturated heterocycles. The Kier molecular flexibility index (Phi) is 9.44. The van der Waals surface area contributed by atoms with E-state index >= 15 is 0 Å². The lowest BCUT2D eigenvalue weighted by Crippen LogP contribution is -2.38. The smallest absolute Gasteiger partial charge is 0.407 e. The molecule has 6 heteroatoms. The molecular weight excluding hydrogens is 440 g/mol. The van der Waals surface area contributed by atoms with Crippen LogP contribution in [0.15, 0.2) is 60.7 Å². The maximum absolute atomic E-state index is 12.1. The van der Waals surface area contributed by atoms with Crippen molar-refractivity contribution in [3.05, 3.63) is 71.8 Å². The Balaban J connectivity index is 1.07. The first kappa shape index (κ1) is 25.1. The van der Waals surface area contributed by atoms with Crippen molar-refractivity contribution in [1.29, 1.82) is 0 Å². The summed E-state index contributed by atoms with van der Waals surface area (Å²) in [6.07, 6.45) is 6.30. The number of carbonyl (C=O) groups excluding carboxylic acids is 2. The maximum atomic E-state index is 12.1. The van der Waals surface area contributed by atoms with Crippen molar-refractivity contribution in [3.63, 3.8) is 0 Å². The Labute approximate surface area is 208 Å². The van der Waals surface area contributed by atoms with Gasteiger partial charge in [0.05, 0.1) is 13.2 Å². The van der Waals surface area contributed by atoms with E-state index in [0.29, 0.717) is 50.0 Å². The quantitative estimate of drug-likeness (QED) is 0.402. The predicted octanol–water partition coefficient (Wildman–Crippen LogP) is 5.37. The second-order valence-corrected chi connectivity index (χ2v) is 9.97. The molecule has 4 rings (SSSR count). The van der Waals surface area contributed by atoms with Gasteiger partial charge in [0.25, 0.3) is 0 Å². The van der Waals surface area contributed by atoms with E-state index in [9.17, 15) is 9.59 Å². The monoisotopic (exact) mass is 478 g/mol. The molecule has 2 atom stereocenters. The number of hydrogen-bond acceptors (Lipinski definition) is 4. The summed E-state index contributed by atoms with van der Waals surface area (Å²) < 4.78 is 10.7. The van der Waals surface area contributed by atoms with Crippen LogP contribution in [0, 0.1) is 23.7 Å². The van der Waals surface area contributed by atoms with Gasteiger partial charge in [-0.15, -0.1) is 0 Å². The van der Waals surface area contributed by atoms with Crippen molar-refractivity contribution < 1.29 is 19.1 Å². The van der Waals surface area contributed by atoms with E-state index in [0.717, 1.165) is 38.5 Å². The molecule has 2 N–H and O–H groups in total. The molecule has 2 fully saturated rings. The van der Waals surface area contributed by atoms with Gasteiger partial charge in [-0.2, -0.15) is 0 Å². The van der Waals surface area contributed by atoms with Crippen molar-refractivity contribution in [3.8, 4) is 0 Å². The van der Waals surface area contributed by atoms with E-state index in [2.05, 4.69) is 34.9 Å². The van der Waals surface area contributed by atoms with Gasteiger partial charge >= 0.3 is 12.2 Å². The molecule has 2 aromatic rings. The molecule has 2 aliphatic carbocycles. The van der Waals surface area contributed by atoms with Crippen molar-refractivity contribution in [1.82, 2.24) is 10.6 Å². The van der Waals surface area contributed by atoms with E-state index in [-0.39, 0.29) is 12.2 Å². The van der Waals surface area contributed by atoms with Gasteiger partial charge < -0.3 is 20.1 Å². The number of ether oxygens (including phenoxy) is 2. The number of rotatable bonds is 12. The van der Waals surface area contributed by atoms with Gasteiger partial charge in [0, 0.05) is 13.1 Å². The molecule has 0 heterocycles. The zero-order chi connectivity index (χ0) is 24.3. The van der Waals surface area contributed by atoms with Crippen LogP contribution in [0.2, 0.25) is 0 Å².